The number of carbonyl (C=O) groups is 1. The molecule has 1 aromatic heterocycles. The van der Waals surface area contributed by atoms with Crippen LogP contribution in [0.3, 0.4) is 0 Å². The second-order valence-electron chi connectivity index (χ2n) is 4.03. The fourth-order valence-corrected chi connectivity index (χ4v) is 2.09. The Balaban J connectivity index is 1.76. The molecule has 1 aromatic carbocycles. The van der Waals surface area contributed by atoms with Gasteiger partial charge in [-0.1, -0.05) is 18.2 Å². The second-order valence-corrected chi connectivity index (χ2v) is 5.01. The zero-order valence-electron chi connectivity index (χ0n) is 10.6. The molecule has 98 valence electrons. The molecule has 1 heterocycles. The van der Waals surface area contributed by atoms with Crippen molar-refractivity contribution in [2.45, 2.75) is 6.92 Å². The molecule has 0 radical (unpaired) electrons. The van der Waals surface area contributed by atoms with Crippen LogP contribution in [0.4, 0.5) is 5.69 Å². The first-order chi connectivity index (χ1) is 9.24. The summed E-state index contributed by atoms with van der Waals surface area (Å²) in [6.07, 6.45) is 1.63. The van der Waals surface area contributed by atoms with E-state index in [-0.39, 0.29) is 12.5 Å². The van der Waals surface area contributed by atoms with Crippen LogP contribution in [0.2, 0.25) is 0 Å². The van der Waals surface area contributed by atoms with Gasteiger partial charge in [-0.3, -0.25) is 4.79 Å². The lowest BCUT2D eigenvalue weighted by molar-refractivity contribution is -0.119. The lowest BCUT2D eigenvalue weighted by atomic mass is 10.2. The molecule has 2 N–H and O–H groups in total. The highest BCUT2D eigenvalue weighted by molar-refractivity contribution is 7.11. The number of hydrazone groups is 1. The van der Waals surface area contributed by atoms with E-state index in [4.69, 9.17) is 0 Å². The summed E-state index contributed by atoms with van der Waals surface area (Å²) < 4.78 is 0. The summed E-state index contributed by atoms with van der Waals surface area (Å²) in [5.41, 5.74) is 4.56. The quantitative estimate of drug-likeness (QED) is 0.650. The summed E-state index contributed by atoms with van der Waals surface area (Å²) in [6.45, 7) is 2.21. The first kappa shape index (κ1) is 13.3. The Morgan fingerprint density at radius 3 is 3.00 bits per heavy atom. The van der Waals surface area contributed by atoms with Crippen LogP contribution in [0.5, 0.6) is 0 Å². The number of rotatable bonds is 5. The fraction of sp³-hybridized carbons (Fsp3) is 0.143. The minimum atomic E-state index is -0.172. The molecule has 0 aliphatic carbocycles. The third-order valence-electron chi connectivity index (χ3n) is 2.40. The molecule has 0 unspecified atom stereocenters. The number of anilines is 1. The molecule has 0 fully saturated rings. The number of aryl methyl sites for hydroxylation is 1. The maximum Gasteiger partial charge on any atom is 0.259 e. The van der Waals surface area contributed by atoms with Crippen molar-refractivity contribution in [1.29, 1.82) is 0 Å². The molecule has 4 nitrogen and oxygen atoms in total. The minimum absolute atomic E-state index is 0.172. The zero-order chi connectivity index (χ0) is 13.5. The summed E-state index contributed by atoms with van der Waals surface area (Å²) in [4.78, 5) is 12.6. The van der Waals surface area contributed by atoms with E-state index >= 15 is 0 Å². The van der Waals surface area contributed by atoms with Gasteiger partial charge in [0.15, 0.2) is 0 Å². The van der Waals surface area contributed by atoms with Gasteiger partial charge in [0.05, 0.1) is 12.8 Å². The van der Waals surface area contributed by atoms with Gasteiger partial charge in [0.2, 0.25) is 0 Å². The summed E-state index contributed by atoms with van der Waals surface area (Å²) >= 11 is 1.57. The van der Waals surface area contributed by atoms with Crippen LogP contribution in [-0.2, 0) is 4.79 Å². The monoisotopic (exact) mass is 273 g/mol. The fourth-order valence-electron chi connectivity index (χ4n) is 1.51. The average molecular weight is 273 g/mol. The molecular formula is C14H15N3OS. The number of nitrogens with one attached hydrogen (secondary N) is 2. The van der Waals surface area contributed by atoms with Gasteiger partial charge in [-0.2, -0.15) is 5.10 Å². The van der Waals surface area contributed by atoms with Gasteiger partial charge in [0, 0.05) is 10.6 Å². The van der Waals surface area contributed by atoms with Crippen LogP contribution in [0, 0.1) is 6.92 Å². The van der Waals surface area contributed by atoms with E-state index in [0.717, 1.165) is 16.1 Å². The first-order valence-electron chi connectivity index (χ1n) is 5.90. The maximum absolute atomic E-state index is 11.5. The van der Waals surface area contributed by atoms with E-state index in [1.165, 1.54) is 0 Å². The summed E-state index contributed by atoms with van der Waals surface area (Å²) in [6, 6.07) is 11.7. The Morgan fingerprint density at radius 1 is 1.37 bits per heavy atom. The Labute approximate surface area is 116 Å². The predicted molar refractivity (Wildman–Crippen MR) is 79.7 cm³/mol. The second kappa shape index (κ2) is 6.70. The van der Waals surface area contributed by atoms with Crippen LogP contribution in [0.25, 0.3) is 0 Å². The molecule has 0 bridgehead atoms. The molecular weight excluding hydrogens is 258 g/mol. The predicted octanol–water partition coefficient (Wildman–Crippen LogP) is 2.62. The maximum atomic E-state index is 11.5. The minimum Gasteiger partial charge on any atom is -0.376 e. The van der Waals surface area contributed by atoms with Crippen molar-refractivity contribution in [3.05, 3.63) is 52.2 Å². The van der Waals surface area contributed by atoms with Gasteiger partial charge < -0.3 is 5.32 Å². The third kappa shape index (κ3) is 4.56. The largest absolute Gasteiger partial charge is 0.376 e. The van der Waals surface area contributed by atoms with E-state index in [9.17, 15) is 4.79 Å². The molecule has 0 saturated carbocycles. The molecule has 19 heavy (non-hydrogen) atoms. The van der Waals surface area contributed by atoms with E-state index in [2.05, 4.69) is 15.8 Å². The van der Waals surface area contributed by atoms with Gasteiger partial charge in [0.25, 0.3) is 5.91 Å². The van der Waals surface area contributed by atoms with Gasteiger partial charge >= 0.3 is 0 Å². The Hall–Kier alpha value is -2.14. The highest BCUT2D eigenvalue weighted by Gasteiger charge is 1.99. The Morgan fingerprint density at radius 2 is 2.26 bits per heavy atom. The topological polar surface area (TPSA) is 53.5 Å². The van der Waals surface area contributed by atoms with Crippen molar-refractivity contribution < 1.29 is 4.79 Å². The number of carbonyl (C=O) groups excluding carboxylic acids is 1. The third-order valence-corrected chi connectivity index (χ3v) is 3.20. The van der Waals surface area contributed by atoms with Crippen LogP contribution < -0.4 is 10.7 Å². The van der Waals surface area contributed by atoms with Crippen molar-refractivity contribution in [2.75, 3.05) is 11.9 Å². The standard InChI is InChI=1S/C14H15N3OS/c1-11-4-2-5-12(8-11)15-10-14(18)17-16-9-13-6-3-7-19-13/h2-9,15H,10H2,1H3,(H,17,18). The smallest absolute Gasteiger partial charge is 0.259 e. The van der Waals surface area contributed by atoms with E-state index < -0.39 is 0 Å². The van der Waals surface area contributed by atoms with Gasteiger partial charge in [-0.15, -0.1) is 11.3 Å². The molecule has 0 spiro atoms. The normalized spacial score (nSPS) is 10.6. The molecule has 2 aromatic rings. The Bertz CT molecular complexity index is 564. The number of hydrogen-bond acceptors (Lipinski definition) is 4. The van der Waals surface area contributed by atoms with Crippen molar-refractivity contribution in [1.82, 2.24) is 5.43 Å². The van der Waals surface area contributed by atoms with E-state index in [0.29, 0.717) is 0 Å². The summed E-state index contributed by atoms with van der Waals surface area (Å²) in [5, 5.41) is 8.90. The number of hydrogen-bond donors (Lipinski definition) is 2. The average Bonchev–Trinajstić information content (AvgIpc) is 2.90. The number of benzene rings is 1. The van der Waals surface area contributed by atoms with Gasteiger partial charge in [0.1, 0.15) is 0 Å². The molecule has 0 aliphatic heterocycles. The molecule has 2 rings (SSSR count). The summed E-state index contributed by atoms with van der Waals surface area (Å²) in [7, 11) is 0. The highest BCUT2D eigenvalue weighted by Crippen LogP contribution is 2.08. The Kier molecular flexibility index (Phi) is 4.69. The first-order valence-corrected chi connectivity index (χ1v) is 6.78. The lowest BCUT2D eigenvalue weighted by Crippen LogP contribution is -2.25. The van der Waals surface area contributed by atoms with Crippen molar-refractivity contribution in [3.63, 3.8) is 0 Å². The van der Waals surface area contributed by atoms with E-state index in [1.807, 2.05) is 48.7 Å². The van der Waals surface area contributed by atoms with Crippen LogP contribution in [0.15, 0.2) is 46.9 Å². The van der Waals surface area contributed by atoms with Crippen molar-refractivity contribution in [2.24, 2.45) is 5.10 Å². The van der Waals surface area contributed by atoms with Gasteiger partial charge in [-0.05, 0) is 36.1 Å². The SMILES string of the molecule is Cc1cccc(NCC(=O)NN=Cc2cccs2)c1. The van der Waals surface area contributed by atoms with Crippen molar-refractivity contribution in [3.8, 4) is 0 Å². The number of thiophene rings is 1. The van der Waals surface area contributed by atoms with Crippen LogP contribution in [-0.4, -0.2) is 18.7 Å². The van der Waals surface area contributed by atoms with Crippen molar-refractivity contribution >= 4 is 29.1 Å². The van der Waals surface area contributed by atoms with Crippen LogP contribution >= 0.6 is 11.3 Å². The zero-order valence-corrected chi connectivity index (χ0v) is 11.4. The summed E-state index contributed by atoms with van der Waals surface area (Å²) in [5.74, 6) is -0.172. The molecule has 0 atom stereocenters. The highest BCUT2D eigenvalue weighted by atomic mass is 32.1. The molecule has 1 amide bonds. The molecule has 5 heteroatoms. The molecule has 0 aliphatic rings. The van der Waals surface area contributed by atoms with Crippen LogP contribution in [0.1, 0.15) is 10.4 Å². The molecule has 0 saturated heterocycles. The van der Waals surface area contributed by atoms with Gasteiger partial charge in [-0.25, -0.2) is 5.43 Å². The van der Waals surface area contributed by atoms with E-state index in [1.54, 1.807) is 17.6 Å². The number of amides is 1. The number of nitrogens with zero attached hydrogens (tertiary/aromatic N) is 1. The lowest BCUT2D eigenvalue weighted by Gasteiger charge is -2.05.